The number of likely N-dealkylation sites (N-methyl/N-ethyl adjacent to an activating group) is 1. The number of piperidine rings is 1. The number of H-pyrrole nitrogens is 1. The van der Waals surface area contributed by atoms with E-state index in [2.05, 4.69) is 19.9 Å². The minimum absolute atomic E-state index is 0.0706. The highest BCUT2D eigenvalue weighted by molar-refractivity contribution is 5.97. The van der Waals surface area contributed by atoms with E-state index in [9.17, 15) is 23.1 Å². The van der Waals surface area contributed by atoms with Crippen LogP contribution < -0.4 is 4.90 Å². The van der Waals surface area contributed by atoms with Gasteiger partial charge in [-0.05, 0) is 38.0 Å². The van der Waals surface area contributed by atoms with Gasteiger partial charge < -0.3 is 19.9 Å². The van der Waals surface area contributed by atoms with E-state index in [1.807, 2.05) is 17.9 Å². The molecule has 2 N–H and O–H groups in total. The molecule has 3 aromatic rings. The Labute approximate surface area is 182 Å². The lowest BCUT2D eigenvalue weighted by Gasteiger charge is -2.41. The number of nitrogens with zero attached hydrogens (tertiary/aromatic N) is 5. The fourth-order valence-corrected chi connectivity index (χ4v) is 4.06. The van der Waals surface area contributed by atoms with E-state index in [4.69, 9.17) is 0 Å². The summed E-state index contributed by atoms with van der Waals surface area (Å²) in [5, 5.41) is 11.2. The van der Waals surface area contributed by atoms with Crippen LogP contribution in [0.1, 0.15) is 34.7 Å². The Balaban J connectivity index is 1.49. The smallest absolute Gasteiger partial charge is 0.386 e. The average molecular weight is 448 g/mol. The van der Waals surface area contributed by atoms with Crippen LogP contribution in [0, 0.1) is 6.92 Å². The van der Waals surface area contributed by atoms with Crippen molar-refractivity contribution in [3.8, 4) is 0 Å². The first-order valence-corrected chi connectivity index (χ1v) is 10.1. The minimum atomic E-state index is -4.60. The van der Waals surface area contributed by atoms with E-state index >= 15 is 0 Å². The van der Waals surface area contributed by atoms with Crippen LogP contribution in [-0.2, 0) is 6.18 Å². The molecule has 11 heteroatoms. The van der Waals surface area contributed by atoms with E-state index in [0.29, 0.717) is 13.0 Å². The third kappa shape index (κ3) is 4.52. The molecule has 170 valence electrons. The highest BCUT2D eigenvalue weighted by atomic mass is 19.4. The van der Waals surface area contributed by atoms with Crippen molar-refractivity contribution in [1.29, 1.82) is 0 Å². The van der Waals surface area contributed by atoms with Crippen molar-refractivity contribution in [2.24, 2.45) is 0 Å². The van der Waals surface area contributed by atoms with E-state index in [1.54, 1.807) is 7.05 Å². The number of amides is 1. The van der Waals surface area contributed by atoms with Gasteiger partial charge in [0, 0.05) is 37.5 Å². The predicted octanol–water partition coefficient (Wildman–Crippen LogP) is 2.78. The first-order valence-electron chi connectivity index (χ1n) is 10.1. The number of fused-ring (bicyclic) bond motifs is 1. The van der Waals surface area contributed by atoms with Gasteiger partial charge in [-0.25, -0.2) is 15.0 Å². The van der Waals surface area contributed by atoms with Gasteiger partial charge >= 0.3 is 6.18 Å². The first-order chi connectivity index (χ1) is 15.0. The number of aromatic amines is 1. The summed E-state index contributed by atoms with van der Waals surface area (Å²) < 4.78 is 38.7. The van der Waals surface area contributed by atoms with E-state index < -0.39 is 23.5 Å². The summed E-state index contributed by atoms with van der Waals surface area (Å²) in [5.74, 6) is -0.796. The van der Waals surface area contributed by atoms with Crippen molar-refractivity contribution in [2.75, 3.05) is 31.6 Å². The predicted molar refractivity (Wildman–Crippen MR) is 111 cm³/mol. The molecule has 0 saturated carbocycles. The molecule has 1 saturated heterocycles. The Morgan fingerprint density at radius 2 is 2.09 bits per heavy atom. The van der Waals surface area contributed by atoms with Crippen LogP contribution >= 0.6 is 0 Å². The number of rotatable bonds is 4. The molecule has 1 amide bonds. The van der Waals surface area contributed by atoms with Gasteiger partial charge in [0.2, 0.25) is 5.82 Å². The van der Waals surface area contributed by atoms with Gasteiger partial charge in [-0.3, -0.25) is 4.79 Å². The maximum atomic E-state index is 12.9. The molecule has 8 nitrogen and oxygen atoms in total. The first kappa shape index (κ1) is 22.0. The fourth-order valence-electron chi connectivity index (χ4n) is 4.06. The van der Waals surface area contributed by atoms with Crippen molar-refractivity contribution in [3.63, 3.8) is 0 Å². The number of β-amino-alcohol motifs (C(OH)–C–C–N with tert-alkyl or cyclic N) is 1. The summed E-state index contributed by atoms with van der Waals surface area (Å²) >= 11 is 0. The van der Waals surface area contributed by atoms with Crippen LogP contribution in [0.2, 0.25) is 0 Å². The van der Waals surface area contributed by atoms with Gasteiger partial charge in [-0.2, -0.15) is 13.2 Å². The molecular formula is C21H23F3N6O2. The molecule has 2 aromatic heterocycles. The quantitative estimate of drug-likeness (QED) is 0.637. The number of halogens is 3. The number of aliphatic hydroxyl groups is 1. The zero-order valence-electron chi connectivity index (χ0n) is 17.6. The molecular weight excluding hydrogens is 425 g/mol. The number of hydrogen-bond acceptors (Lipinski definition) is 6. The van der Waals surface area contributed by atoms with Gasteiger partial charge in [0.05, 0.1) is 23.2 Å². The molecule has 0 aliphatic carbocycles. The molecule has 1 aliphatic rings. The van der Waals surface area contributed by atoms with Gasteiger partial charge in [0.15, 0.2) is 0 Å². The second kappa shape index (κ2) is 8.05. The molecule has 0 unspecified atom stereocenters. The molecule has 4 rings (SSSR count). The Kier molecular flexibility index (Phi) is 5.53. The fraction of sp³-hybridized carbons (Fsp3) is 0.429. The van der Waals surface area contributed by atoms with E-state index in [-0.39, 0.29) is 23.1 Å². The van der Waals surface area contributed by atoms with Crippen molar-refractivity contribution in [2.45, 2.75) is 31.5 Å². The zero-order chi connectivity index (χ0) is 23.1. The SMILES string of the molecule is Cc1cc(N2CCC[C@@](O)(CN(C)C(=O)c3ccc4nc(C(F)(F)F)[nH]c4c3)C2)ncn1. The molecule has 1 fully saturated rings. The number of aromatic nitrogens is 4. The highest BCUT2D eigenvalue weighted by Crippen LogP contribution is 2.29. The lowest BCUT2D eigenvalue weighted by molar-refractivity contribution is -0.144. The Morgan fingerprint density at radius 3 is 2.81 bits per heavy atom. The minimum Gasteiger partial charge on any atom is -0.386 e. The topological polar surface area (TPSA) is 98.2 Å². The molecule has 0 spiro atoms. The Bertz CT molecular complexity index is 1150. The average Bonchev–Trinajstić information content (AvgIpc) is 3.17. The van der Waals surface area contributed by atoms with Gasteiger partial charge in [0.1, 0.15) is 12.1 Å². The molecule has 1 aromatic carbocycles. The number of alkyl halides is 3. The largest absolute Gasteiger partial charge is 0.449 e. The number of nitrogens with one attached hydrogen (secondary N) is 1. The molecule has 0 bridgehead atoms. The van der Waals surface area contributed by atoms with Crippen LogP contribution in [0.15, 0.2) is 30.6 Å². The van der Waals surface area contributed by atoms with Gasteiger partial charge in [-0.15, -0.1) is 0 Å². The summed E-state index contributed by atoms with van der Waals surface area (Å²) in [6.45, 7) is 2.97. The molecule has 3 heterocycles. The zero-order valence-corrected chi connectivity index (χ0v) is 17.6. The van der Waals surface area contributed by atoms with Crippen LogP contribution in [0.3, 0.4) is 0 Å². The number of hydrogen-bond donors (Lipinski definition) is 2. The second-order valence-electron chi connectivity index (χ2n) is 8.24. The highest BCUT2D eigenvalue weighted by Gasteiger charge is 2.37. The monoisotopic (exact) mass is 448 g/mol. The number of aryl methyl sites for hydroxylation is 1. The normalized spacial score (nSPS) is 19.4. The number of benzene rings is 1. The third-order valence-corrected chi connectivity index (χ3v) is 5.54. The van der Waals surface area contributed by atoms with Crippen molar-refractivity contribution in [1.82, 2.24) is 24.8 Å². The molecule has 1 atom stereocenters. The second-order valence-corrected chi connectivity index (χ2v) is 8.24. The van der Waals surface area contributed by atoms with Crippen LogP contribution in [0.4, 0.5) is 19.0 Å². The van der Waals surface area contributed by atoms with Crippen LogP contribution in [0.5, 0.6) is 0 Å². The summed E-state index contributed by atoms with van der Waals surface area (Å²) in [6.07, 6.45) is -1.89. The Hall–Kier alpha value is -3.21. The van der Waals surface area contributed by atoms with E-state index in [0.717, 1.165) is 24.5 Å². The number of carbonyl (C=O) groups is 1. The van der Waals surface area contributed by atoms with Crippen LogP contribution in [0.25, 0.3) is 11.0 Å². The molecule has 32 heavy (non-hydrogen) atoms. The van der Waals surface area contributed by atoms with Crippen LogP contribution in [-0.4, -0.2) is 68.1 Å². The summed E-state index contributed by atoms with van der Waals surface area (Å²) in [4.78, 5) is 30.4. The molecule has 0 radical (unpaired) electrons. The Morgan fingerprint density at radius 1 is 1.31 bits per heavy atom. The number of imidazole rings is 1. The molecule has 1 aliphatic heterocycles. The van der Waals surface area contributed by atoms with Gasteiger partial charge in [0.25, 0.3) is 5.91 Å². The summed E-state index contributed by atoms with van der Waals surface area (Å²) in [6, 6.07) is 5.99. The lowest BCUT2D eigenvalue weighted by atomic mass is 9.92. The maximum absolute atomic E-state index is 12.9. The summed E-state index contributed by atoms with van der Waals surface area (Å²) in [5.41, 5.74) is 0.124. The van der Waals surface area contributed by atoms with Gasteiger partial charge in [-0.1, -0.05) is 0 Å². The maximum Gasteiger partial charge on any atom is 0.449 e. The van der Waals surface area contributed by atoms with Crippen molar-refractivity contribution in [3.05, 3.63) is 47.7 Å². The van der Waals surface area contributed by atoms with Crippen molar-refractivity contribution < 1.29 is 23.1 Å². The number of anilines is 1. The third-order valence-electron chi connectivity index (χ3n) is 5.54. The lowest BCUT2D eigenvalue weighted by Crippen LogP contribution is -2.54. The van der Waals surface area contributed by atoms with E-state index in [1.165, 1.54) is 29.4 Å². The standard InChI is InChI=1S/C21H23F3N6O2/c1-13-8-17(26-12-25-13)30-7-3-6-20(32,11-30)10-29(2)18(31)14-4-5-15-16(9-14)28-19(27-15)21(22,23)24/h4-5,8-9,12,32H,3,6-7,10-11H2,1-2H3,(H,27,28)/t20-/m1/s1. The summed E-state index contributed by atoms with van der Waals surface area (Å²) in [7, 11) is 1.56. The van der Waals surface area contributed by atoms with Crippen molar-refractivity contribution >= 4 is 22.8 Å². The number of carbonyl (C=O) groups excluding carboxylic acids is 1.